The average Bonchev–Trinajstić information content (AvgIpc) is 2.49. The molecule has 1 rings (SSSR count). The van der Waals surface area contributed by atoms with Crippen molar-refractivity contribution in [3.05, 3.63) is 29.3 Å². The summed E-state index contributed by atoms with van der Waals surface area (Å²) in [4.78, 5) is 0. The molecule has 9 nitrogen and oxygen atoms in total. The summed E-state index contributed by atoms with van der Waals surface area (Å²) in [5, 5.41) is 18.3. The number of nitrogens with two attached hydrogens (primary N) is 4. The number of nitrogens with one attached hydrogen (secondary N) is 1. The number of nitrogens with zero attached hydrogens (tertiary/aromatic N) is 4. The highest BCUT2D eigenvalue weighted by Crippen LogP contribution is 2.17. The summed E-state index contributed by atoms with van der Waals surface area (Å²) in [5.41, 5.74) is 25.0. The first-order valence-electron chi connectivity index (χ1n) is 6.43. The predicted octanol–water partition coefficient (Wildman–Crippen LogP) is -0.277. The molecule has 0 atom stereocenters. The Morgan fingerprint density at radius 3 is 1.50 bits per heavy atom. The molecule has 0 heterocycles. The van der Waals surface area contributed by atoms with Crippen LogP contribution in [-0.2, 0) is 0 Å². The Hall–Kier alpha value is -3.10. The van der Waals surface area contributed by atoms with E-state index in [1.54, 1.807) is 13.8 Å². The first kappa shape index (κ1) is 17.0. The van der Waals surface area contributed by atoms with Crippen LogP contribution in [0.3, 0.4) is 0 Å². The molecule has 0 bridgehead atoms. The molecule has 9 N–H and O–H groups in total. The molecule has 9 heteroatoms. The SMILES string of the molecule is CNc1cc(/C(C)=N\N=C(N)N)cc(/C(C)=N\N=C(N)N)c1. The Labute approximate surface area is 128 Å². The van der Waals surface area contributed by atoms with Crippen LogP contribution < -0.4 is 28.3 Å². The van der Waals surface area contributed by atoms with Crippen LogP contribution in [0.25, 0.3) is 0 Å². The molecular formula is C13H21N9. The summed E-state index contributed by atoms with van der Waals surface area (Å²) in [5.74, 6) is -0.204. The van der Waals surface area contributed by atoms with Crippen LogP contribution in [0.15, 0.2) is 38.6 Å². The third kappa shape index (κ3) is 5.12. The topological polar surface area (TPSA) is 166 Å². The molecule has 0 aliphatic carbocycles. The minimum atomic E-state index is -0.102. The lowest BCUT2D eigenvalue weighted by Crippen LogP contribution is -2.22. The molecule has 0 fully saturated rings. The summed E-state index contributed by atoms with van der Waals surface area (Å²) in [6, 6.07) is 5.72. The third-order valence-electron chi connectivity index (χ3n) is 2.69. The Morgan fingerprint density at radius 2 is 1.18 bits per heavy atom. The van der Waals surface area contributed by atoms with E-state index in [4.69, 9.17) is 22.9 Å². The zero-order chi connectivity index (χ0) is 16.7. The van der Waals surface area contributed by atoms with Crippen LogP contribution in [0.2, 0.25) is 0 Å². The van der Waals surface area contributed by atoms with Gasteiger partial charge in [-0.1, -0.05) is 0 Å². The van der Waals surface area contributed by atoms with E-state index in [-0.39, 0.29) is 11.9 Å². The summed E-state index contributed by atoms with van der Waals surface area (Å²) in [7, 11) is 1.81. The zero-order valence-corrected chi connectivity index (χ0v) is 12.8. The maximum absolute atomic E-state index is 5.27. The van der Waals surface area contributed by atoms with Gasteiger partial charge in [0.05, 0.1) is 11.4 Å². The largest absolute Gasteiger partial charge is 0.388 e. The molecule has 118 valence electrons. The average molecular weight is 303 g/mol. The van der Waals surface area contributed by atoms with Gasteiger partial charge in [-0.2, -0.15) is 10.2 Å². The lowest BCUT2D eigenvalue weighted by atomic mass is 10.0. The highest BCUT2D eigenvalue weighted by atomic mass is 15.3. The first-order chi connectivity index (χ1) is 10.3. The molecule has 0 aliphatic rings. The van der Waals surface area contributed by atoms with Crippen molar-refractivity contribution in [1.29, 1.82) is 0 Å². The van der Waals surface area contributed by atoms with Crippen LogP contribution in [-0.4, -0.2) is 30.4 Å². The Bertz CT molecular complexity index is 595. The van der Waals surface area contributed by atoms with E-state index in [1.807, 2.05) is 25.2 Å². The van der Waals surface area contributed by atoms with Crippen LogP contribution in [0, 0.1) is 0 Å². The monoisotopic (exact) mass is 303 g/mol. The van der Waals surface area contributed by atoms with E-state index in [0.717, 1.165) is 16.8 Å². The van der Waals surface area contributed by atoms with Crippen LogP contribution >= 0.6 is 0 Å². The number of anilines is 1. The first-order valence-corrected chi connectivity index (χ1v) is 6.43. The predicted molar refractivity (Wildman–Crippen MR) is 92.0 cm³/mol. The zero-order valence-electron chi connectivity index (χ0n) is 12.8. The Balaban J connectivity index is 3.30. The summed E-state index contributed by atoms with van der Waals surface area (Å²) < 4.78 is 0. The molecule has 0 unspecified atom stereocenters. The molecule has 0 saturated carbocycles. The van der Waals surface area contributed by atoms with Crippen molar-refractivity contribution in [3.63, 3.8) is 0 Å². The molecule has 0 saturated heterocycles. The van der Waals surface area contributed by atoms with E-state index in [0.29, 0.717) is 11.4 Å². The molecule has 0 spiro atoms. The third-order valence-corrected chi connectivity index (χ3v) is 2.69. The fourth-order valence-electron chi connectivity index (χ4n) is 1.57. The molecule has 0 amide bonds. The Morgan fingerprint density at radius 1 is 0.773 bits per heavy atom. The molecule has 0 aliphatic heterocycles. The highest BCUT2D eigenvalue weighted by Gasteiger charge is 2.06. The van der Waals surface area contributed by atoms with Gasteiger partial charge in [-0.3, -0.25) is 0 Å². The van der Waals surface area contributed by atoms with E-state index in [1.165, 1.54) is 0 Å². The van der Waals surface area contributed by atoms with Crippen molar-refractivity contribution in [2.45, 2.75) is 13.8 Å². The van der Waals surface area contributed by atoms with Crippen molar-refractivity contribution in [2.24, 2.45) is 43.3 Å². The number of benzene rings is 1. The Kier molecular flexibility index (Phi) is 5.87. The van der Waals surface area contributed by atoms with Gasteiger partial charge in [0.1, 0.15) is 0 Å². The highest BCUT2D eigenvalue weighted by molar-refractivity contribution is 6.05. The normalized spacial score (nSPS) is 11.8. The smallest absolute Gasteiger partial charge is 0.211 e. The van der Waals surface area contributed by atoms with E-state index >= 15 is 0 Å². The summed E-state index contributed by atoms with van der Waals surface area (Å²) in [6.07, 6.45) is 0. The quantitative estimate of drug-likeness (QED) is 0.286. The van der Waals surface area contributed by atoms with Crippen LogP contribution in [0.5, 0.6) is 0 Å². The van der Waals surface area contributed by atoms with Gasteiger partial charge in [0.15, 0.2) is 0 Å². The summed E-state index contributed by atoms with van der Waals surface area (Å²) >= 11 is 0. The van der Waals surface area contributed by atoms with Gasteiger partial charge in [-0.05, 0) is 32.0 Å². The number of hydrogen-bond donors (Lipinski definition) is 5. The molecular weight excluding hydrogens is 282 g/mol. The molecule has 1 aromatic rings. The minimum Gasteiger partial charge on any atom is -0.388 e. The second kappa shape index (κ2) is 7.62. The van der Waals surface area contributed by atoms with Gasteiger partial charge in [-0.15, -0.1) is 10.2 Å². The standard InChI is InChI=1S/C13H21N9/c1-7(19-21-12(14)15)9-4-10(6-11(5-9)18-3)8(2)20-22-13(16)17/h4-6,18H,1-3H3,(H4,14,15,21)(H4,16,17,22)/b19-7-,20-8-. The lowest BCUT2D eigenvalue weighted by Gasteiger charge is -2.08. The van der Waals surface area contributed by atoms with Crippen molar-refractivity contribution >= 4 is 29.0 Å². The van der Waals surface area contributed by atoms with Crippen molar-refractivity contribution in [3.8, 4) is 0 Å². The summed E-state index contributed by atoms with van der Waals surface area (Å²) in [6.45, 7) is 3.60. The van der Waals surface area contributed by atoms with Gasteiger partial charge in [0, 0.05) is 23.9 Å². The lowest BCUT2D eigenvalue weighted by molar-refractivity contribution is 1.19. The van der Waals surface area contributed by atoms with E-state index in [9.17, 15) is 0 Å². The van der Waals surface area contributed by atoms with Gasteiger partial charge in [-0.25, -0.2) is 0 Å². The minimum absolute atomic E-state index is 0.102. The molecule has 0 aromatic heterocycles. The van der Waals surface area contributed by atoms with Crippen molar-refractivity contribution in [1.82, 2.24) is 0 Å². The number of rotatable bonds is 5. The van der Waals surface area contributed by atoms with Crippen LogP contribution in [0.1, 0.15) is 25.0 Å². The second-order valence-electron chi connectivity index (χ2n) is 4.47. The van der Waals surface area contributed by atoms with Crippen molar-refractivity contribution < 1.29 is 0 Å². The van der Waals surface area contributed by atoms with Crippen LogP contribution in [0.4, 0.5) is 5.69 Å². The van der Waals surface area contributed by atoms with Gasteiger partial charge < -0.3 is 28.3 Å². The maximum Gasteiger partial charge on any atom is 0.211 e. The second-order valence-corrected chi connectivity index (χ2v) is 4.47. The maximum atomic E-state index is 5.27. The number of guanidine groups is 2. The molecule has 22 heavy (non-hydrogen) atoms. The van der Waals surface area contributed by atoms with Gasteiger partial charge >= 0.3 is 0 Å². The van der Waals surface area contributed by atoms with Gasteiger partial charge in [0.2, 0.25) is 11.9 Å². The van der Waals surface area contributed by atoms with Gasteiger partial charge in [0.25, 0.3) is 0 Å². The number of hydrogen-bond acceptors (Lipinski definition) is 5. The van der Waals surface area contributed by atoms with E-state index < -0.39 is 0 Å². The van der Waals surface area contributed by atoms with E-state index in [2.05, 4.69) is 25.7 Å². The van der Waals surface area contributed by atoms with Crippen molar-refractivity contribution in [2.75, 3.05) is 12.4 Å². The molecule has 0 radical (unpaired) electrons. The molecule has 1 aromatic carbocycles. The fourth-order valence-corrected chi connectivity index (χ4v) is 1.57. The fraction of sp³-hybridized carbons (Fsp3) is 0.231.